The molecule has 1 aromatic carbocycles. The second-order valence-electron chi connectivity index (χ2n) is 6.10. The number of hydrogen-bond donors (Lipinski definition) is 1. The highest BCUT2D eigenvalue weighted by atomic mass is 16.6. The van der Waals surface area contributed by atoms with Gasteiger partial charge < -0.3 is 14.8 Å². The molecule has 0 saturated heterocycles. The molecule has 0 bridgehead atoms. The number of carbonyl (C=O) groups excluding carboxylic acids is 1. The van der Waals surface area contributed by atoms with E-state index >= 15 is 0 Å². The summed E-state index contributed by atoms with van der Waals surface area (Å²) in [6.45, 7) is 5.46. The third-order valence-corrected chi connectivity index (χ3v) is 4.22. The summed E-state index contributed by atoms with van der Waals surface area (Å²) in [5.41, 5.74) is 1.08. The highest BCUT2D eigenvalue weighted by Gasteiger charge is 2.17. The number of nitrogens with one attached hydrogen (secondary N) is 1. The number of amides is 1. The highest BCUT2D eigenvalue weighted by Crippen LogP contribution is 2.33. The van der Waals surface area contributed by atoms with Crippen LogP contribution in [0.2, 0.25) is 0 Å². The predicted molar refractivity (Wildman–Crippen MR) is 92.0 cm³/mol. The molecule has 1 heterocycles. The molecule has 23 heavy (non-hydrogen) atoms. The van der Waals surface area contributed by atoms with E-state index in [0.717, 1.165) is 36.3 Å². The highest BCUT2D eigenvalue weighted by molar-refractivity contribution is 5.76. The van der Waals surface area contributed by atoms with Gasteiger partial charge in [0.15, 0.2) is 11.5 Å². The van der Waals surface area contributed by atoms with Crippen LogP contribution in [0.3, 0.4) is 0 Å². The van der Waals surface area contributed by atoms with E-state index < -0.39 is 0 Å². The Hall–Kier alpha value is -1.71. The molecule has 0 radical (unpaired) electrons. The molecule has 0 aliphatic carbocycles. The van der Waals surface area contributed by atoms with Crippen molar-refractivity contribution in [3.05, 3.63) is 23.8 Å². The molecule has 0 aromatic heterocycles. The van der Waals surface area contributed by atoms with E-state index in [9.17, 15) is 4.79 Å². The zero-order valence-electron chi connectivity index (χ0n) is 14.4. The van der Waals surface area contributed by atoms with Gasteiger partial charge in [-0.25, -0.2) is 0 Å². The Morgan fingerprint density at radius 3 is 2.57 bits per heavy atom. The molecule has 1 aliphatic heterocycles. The lowest BCUT2D eigenvalue weighted by molar-refractivity contribution is -0.122. The second kappa shape index (κ2) is 9.43. The van der Waals surface area contributed by atoms with Crippen LogP contribution in [0.25, 0.3) is 0 Å². The van der Waals surface area contributed by atoms with E-state index in [4.69, 9.17) is 9.47 Å². The Morgan fingerprint density at radius 2 is 1.83 bits per heavy atom. The standard InChI is InChI=1S/C19H29NO3/c1-3-5-6-7-8-9-19(21)20-16(4-2)15-10-11-17-18(14-15)23-13-12-22-17/h10-11,14,16H,3-9,12-13H2,1-2H3,(H,20,21). The molecule has 1 atom stereocenters. The molecule has 4 nitrogen and oxygen atoms in total. The molecule has 1 aliphatic rings. The predicted octanol–water partition coefficient (Wildman–Crippen LogP) is 4.39. The normalized spacial score (nSPS) is 14.3. The van der Waals surface area contributed by atoms with Crippen LogP contribution in [0, 0.1) is 0 Å². The van der Waals surface area contributed by atoms with Gasteiger partial charge >= 0.3 is 0 Å². The van der Waals surface area contributed by atoms with Crippen molar-refractivity contribution in [2.75, 3.05) is 13.2 Å². The van der Waals surface area contributed by atoms with Crippen molar-refractivity contribution in [2.24, 2.45) is 0 Å². The Morgan fingerprint density at radius 1 is 1.09 bits per heavy atom. The van der Waals surface area contributed by atoms with Gasteiger partial charge in [-0.3, -0.25) is 4.79 Å². The maximum Gasteiger partial charge on any atom is 0.220 e. The fourth-order valence-electron chi connectivity index (χ4n) is 2.85. The first-order valence-electron chi connectivity index (χ1n) is 8.93. The number of hydrogen-bond acceptors (Lipinski definition) is 3. The van der Waals surface area contributed by atoms with Crippen molar-refractivity contribution in [1.29, 1.82) is 0 Å². The zero-order valence-corrected chi connectivity index (χ0v) is 14.4. The van der Waals surface area contributed by atoms with Gasteiger partial charge in [0.2, 0.25) is 5.91 Å². The molecule has 4 heteroatoms. The minimum atomic E-state index is 0.0361. The van der Waals surface area contributed by atoms with Gasteiger partial charge in [0.05, 0.1) is 6.04 Å². The van der Waals surface area contributed by atoms with Gasteiger partial charge in [-0.1, -0.05) is 45.6 Å². The summed E-state index contributed by atoms with van der Waals surface area (Å²) in [7, 11) is 0. The second-order valence-corrected chi connectivity index (χ2v) is 6.10. The van der Waals surface area contributed by atoms with Crippen LogP contribution >= 0.6 is 0 Å². The molecule has 0 spiro atoms. The molecule has 1 amide bonds. The maximum atomic E-state index is 12.1. The summed E-state index contributed by atoms with van der Waals surface area (Å²) in [5.74, 6) is 1.71. The minimum Gasteiger partial charge on any atom is -0.486 e. The van der Waals surface area contributed by atoms with Gasteiger partial charge in [0, 0.05) is 6.42 Å². The van der Waals surface area contributed by atoms with Crippen LogP contribution in [-0.2, 0) is 4.79 Å². The Labute approximate surface area is 139 Å². The summed E-state index contributed by atoms with van der Waals surface area (Å²) >= 11 is 0. The summed E-state index contributed by atoms with van der Waals surface area (Å²) in [6, 6.07) is 5.98. The lowest BCUT2D eigenvalue weighted by atomic mass is 10.0. The first-order valence-corrected chi connectivity index (χ1v) is 8.93. The molecule has 2 rings (SSSR count). The first-order chi connectivity index (χ1) is 11.2. The van der Waals surface area contributed by atoms with E-state index in [2.05, 4.69) is 19.2 Å². The van der Waals surface area contributed by atoms with Gasteiger partial charge in [-0.05, 0) is 30.5 Å². The average molecular weight is 319 g/mol. The summed E-state index contributed by atoms with van der Waals surface area (Å²) in [4.78, 5) is 12.1. The van der Waals surface area contributed by atoms with Crippen molar-refractivity contribution in [3.63, 3.8) is 0 Å². The van der Waals surface area contributed by atoms with Crippen LogP contribution in [-0.4, -0.2) is 19.1 Å². The molecule has 1 aromatic rings. The van der Waals surface area contributed by atoms with Crippen LogP contribution in [0.4, 0.5) is 0 Å². The third-order valence-electron chi connectivity index (χ3n) is 4.22. The van der Waals surface area contributed by atoms with Crippen LogP contribution in [0.5, 0.6) is 11.5 Å². The van der Waals surface area contributed by atoms with E-state index in [1.807, 2.05) is 18.2 Å². The van der Waals surface area contributed by atoms with E-state index in [1.54, 1.807) is 0 Å². The Kier molecular flexibility index (Phi) is 7.24. The number of benzene rings is 1. The lowest BCUT2D eigenvalue weighted by Gasteiger charge is -2.22. The molecule has 128 valence electrons. The third kappa shape index (κ3) is 5.45. The zero-order chi connectivity index (χ0) is 16.5. The van der Waals surface area contributed by atoms with Crippen LogP contribution in [0.1, 0.15) is 70.4 Å². The number of rotatable bonds is 9. The molecule has 1 unspecified atom stereocenters. The maximum absolute atomic E-state index is 12.1. The average Bonchev–Trinajstić information content (AvgIpc) is 2.59. The number of carbonyl (C=O) groups is 1. The van der Waals surface area contributed by atoms with Crippen LogP contribution in [0.15, 0.2) is 18.2 Å². The van der Waals surface area contributed by atoms with Crippen molar-refractivity contribution >= 4 is 5.91 Å². The molecular weight excluding hydrogens is 290 g/mol. The molecular formula is C19H29NO3. The van der Waals surface area contributed by atoms with E-state index in [0.29, 0.717) is 19.6 Å². The number of fused-ring (bicyclic) bond motifs is 1. The Bertz CT molecular complexity index is 501. The topological polar surface area (TPSA) is 47.6 Å². The summed E-state index contributed by atoms with van der Waals surface area (Å²) < 4.78 is 11.2. The molecule has 0 saturated carbocycles. The summed E-state index contributed by atoms with van der Waals surface area (Å²) in [6.07, 6.45) is 7.31. The lowest BCUT2D eigenvalue weighted by Crippen LogP contribution is -2.28. The molecule has 1 N–H and O–H groups in total. The molecule has 0 fully saturated rings. The number of unbranched alkanes of at least 4 members (excludes halogenated alkanes) is 4. The van der Waals surface area contributed by atoms with Gasteiger partial charge in [0.25, 0.3) is 0 Å². The van der Waals surface area contributed by atoms with E-state index in [-0.39, 0.29) is 11.9 Å². The largest absolute Gasteiger partial charge is 0.486 e. The smallest absolute Gasteiger partial charge is 0.220 e. The number of ether oxygens (including phenoxy) is 2. The SMILES string of the molecule is CCCCCCCC(=O)NC(CC)c1ccc2c(c1)OCCO2. The summed E-state index contributed by atoms with van der Waals surface area (Å²) in [5, 5.41) is 3.15. The minimum absolute atomic E-state index is 0.0361. The van der Waals surface area contributed by atoms with Crippen LogP contribution < -0.4 is 14.8 Å². The van der Waals surface area contributed by atoms with Gasteiger partial charge in [-0.2, -0.15) is 0 Å². The van der Waals surface area contributed by atoms with E-state index in [1.165, 1.54) is 19.3 Å². The van der Waals surface area contributed by atoms with Crippen molar-refractivity contribution in [3.8, 4) is 11.5 Å². The van der Waals surface area contributed by atoms with Crippen molar-refractivity contribution in [1.82, 2.24) is 5.32 Å². The fourth-order valence-corrected chi connectivity index (χ4v) is 2.85. The van der Waals surface area contributed by atoms with Gasteiger partial charge in [-0.15, -0.1) is 0 Å². The van der Waals surface area contributed by atoms with Crippen molar-refractivity contribution in [2.45, 2.75) is 64.8 Å². The van der Waals surface area contributed by atoms with Crippen molar-refractivity contribution < 1.29 is 14.3 Å². The Balaban J connectivity index is 1.85. The quantitative estimate of drug-likeness (QED) is 0.687. The van der Waals surface area contributed by atoms with Gasteiger partial charge in [0.1, 0.15) is 13.2 Å². The fraction of sp³-hybridized carbons (Fsp3) is 0.632. The monoisotopic (exact) mass is 319 g/mol. The first kappa shape index (κ1) is 17.6.